The number of aliphatic imine (C=N–C) groups is 1. The molecule has 2 aromatic carbocycles. The minimum Gasteiger partial charge on any atom is -0.392 e. The van der Waals surface area contributed by atoms with Crippen LogP contribution >= 0.6 is 11.6 Å². The summed E-state index contributed by atoms with van der Waals surface area (Å²) in [7, 11) is 0. The molecule has 0 amide bonds. The molecule has 1 fully saturated rings. The SMILES string of the molecule is CCCCCC1(Cc2ccc(C3CCC(O)C(C(=O)Cc4ccc(Cl)cc4)C3)cc2)C=CC=N1. The van der Waals surface area contributed by atoms with Crippen molar-refractivity contribution in [3.8, 4) is 0 Å². The van der Waals surface area contributed by atoms with Crippen LogP contribution in [0.3, 0.4) is 0 Å². The van der Waals surface area contributed by atoms with Crippen LogP contribution in [0.5, 0.6) is 0 Å². The molecule has 3 nitrogen and oxygen atoms in total. The molecule has 4 unspecified atom stereocenters. The minimum atomic E-state index is -0.551. The fourth-order valence-corrected chi connectivity index (χ4v) is 5.60. The third kappa shape index (κ3) is 6.25. The molecule has 0 bridgehead atoms. The highest BCUT2D eigenvalue weighted by Crippen LogP contribution is 2.38. The Kier molecular flexibility index (Phi) is 8.39. The molecule has 2 aliphatic rings. The largest absolute Gasteiger partial charge is 0.392 e. The average Bonchev–Trinajstić information content (AvgIpc) is 3.30. The van der Waals surface area contributed by atoms with Crippen molar-refractivity contribution in [2.75, 3.05) is 0 Å². The first-order valence-corrected chi connectivity index (χ1v) is 13.1. The molecule has 180 valence electrons. The number of halogens is 1. The van der Waals surface area contributed by atoms with Crippen LogP contribution in [0.15, 0.2) is 65.7 Å². The molecule has 1 heterocycles. The van der Waals surface area contributed by atoms with E-state index < -0.39 is 6.10 Å². The first kappa shape index (κ1) is 24.9. The van der Waals surface area contributed by atoms with Gasteiger partial charge in [0.25, 0.3) is 0 Å². The number of ketones is 1. The summed E-state index contributed by atoms with van der Waals surface area (Å²) < 4.78 is 0. The third-order valence-corrected chi connectivity index (χ3v) is 7.77. The highest BCUT2D eigenvalue weighted by molar-refractivity contribution is 6.30. The Morgan fingerprint density at radius 1 is 1.06 bits per heavy atom. The lowest BCUT2D eigenvalue weighted by Gasteiger charge is -2.33. The number of carbonyl (C=O) groups excluding carboxylic acids is 1. The smallest absolute Gasteiger partial charge is 0.142 e. The number of hydrogen-bond donors (Lipinski definition) is 1. The summed E-state index contributed by atoms with van der Waals surface area (Å²) in [5.41, 5.74) is 3.43. The first-order valence-electron chi connectivity index (χ1n) is 12.7. The number of allylic oxidation sites excluding steroid dienone is 1. The van der Waals surface area contributed by atoms with Gasteiger partial charge in [-0.2, -0.15) is 0 Å². The van der Waals surface area contributed by atoms with Crippen LogP contribution in [0.4, 0.5) is 0 Å². The van der Waals surface area contributed by atoms with Gasteiger partial charge in [0.1, 0.15) is 5.78 Å². The number of Topliss-reactive ketones (excluding diaryl/α,β-unsaturated/α-hetero) is 1. The van der Waals surface area contributed by atoms with Crippen molar-refractivity contribution in [3.05, 3.63) is 82.4 Å². The van der Waals surface area contributed by atoms with Crippen molar-refractivity contribution < 1.29 is 9.90 Å². The van der Waals surface area contributed by atoms with Gasteiger partial charge in [-0.05, 0) is 66.5 Å². The normalized spacial score (nSPS) is 26.1. The van der Waals surface area contributed by atoms with Gasteiger partial charge in [-0.15, -0.1) is 0 Å². The summed E-state index contributed by atoms with van der Waals surface area (Å²) in [6, 6.07) is 16.3. The standard InChI is InChI=1S/C30H36ClNO2/c1-2-3-4-16-30(17-5-18-32-30)21-23-6-10-24(11-7-23)25-12-15-28(33)27(20-25)29(34)19-22-8-13-26(31)14-9-22/h5-11,13-14,17-18,25,27-28,33H,2-4,12,15-16,19-21H2,1H3. The number of rotatable bonds is 10. The molecule has 1 aliphatic heterocycles. The van der Waals surface area contributed by atoms with Gasteiger partial charge in [-0.25, -0.2) is 0 Å². The molecular formula is C30H36ClNO2. The van der Waals surface area contributed by atoms with Gasteiger partial charge in [0.05, 0.1) is 11.6 Å². The van der Waals surface area contributed by atoms with Crippen LogP contribution < -0.4 is 0 Å². The fraction of sp³-hybridized carbons (Fsp3) is 0.467. The van der Waals surface area contributed by atoms with Crippen molar-refractivity contribution in [1.29, 1.82) is 0 Å². The maximum Gasteiger partial charge on any atom is 0.142 e. The molecule has 0 aromatic heterocycles. The van der Waals surface area contributed by atoms with Crippen LogP contribution in [0.25, 0.3) is 0 Å². The highest BCUT2D eigenvalue weighted by Gasteiger charge is 2.34. The molecule has 0 radical (unpaired) electrons. The number of aliphatic hydroxyl groups is 1. The maximum absolute atomic E-state index is 13.0. The monoisotopic (exact) mass is 477 g/mol. The summed E-state index contributed by atoms with van der Waals surface area (Å²) in [6.07, 6.45) is 14.1. The van der Waals surface area contributed by atoms with Crippen LogP contribution in [-0.4, -0.2) is 28.7 Å². The zero-order chi connectivity index (χ0) is 24.0. The van der Waals surface area contributed by atoms with Gasteiger partial charge in [-0.1, -0.05) is 80.3 Å². The van der Waals surface area contributed by atoms with Gasteiger partial charge in [-0.3, -0.25) is 9.79 Å². The lowest BCUT2D eigenvalue weighted by atomic mass is 9.73. The van der Waals surface area contributed by atoms with Crippen LogP contribution in [-0.2, 0) is 17.6 Å². The molecule has 0 spiro atoms. The number of hydrogen-bond acceptors (Lipinski definition) is 3. The predicted molar refractivity (Wildman–Crippen MR) is 141 cm³/mol. The van der Waals surface area contributed by atoms with Crippen LogP contribution in [0.2, 0.25) is 5.02 Å². The van der Waals surface area contributed by atoms with Crippen LogP contribution in [0.1, 0.15) is 74.5 Å². The zero-order valence-electron chi connectivity index (χ0n) is 20.1. The Morgan fingerprint density at radius 3 is 2.47 bits per heavy atom. The Labute approximate surface area is 209 Å². The second-order valence-electron chi connectivity index (χ2n) is 10.1. The molecule has 0 saturated heterocycles. The van der Waals surface area contributed by atoms with E-state index in [1.807, 2.05) is 30.5 Å². The van der Waals surface area contributed by atoms with E-state index in [9.17, 15) is 9.90 Å². The summed E-state index contributed by atoms with van der Waals surface area (Å²) in [5, 5.41) is 11.3. The summed E-state index contributed by atoms with van der Waals surface area (Å²) in [4.78, 5) is 17.8. The lowest BCUT2D eigenvalue weighted by molar-refractivity contribution is -0.127. The molecule has 1 N–H and O–H groups in total. The third-order valence-electron chi connectivity index (χ3n) is 7.52. The molecular weight excluding hydrogens is 442 g/mol. The summed E-state index contributed by atoms with van der Waals surface area (Å²) >= 11 is 5.97. The topological polar surface area (TPSA) is 49.7 Å². The number of nitrogens with zero attached hydrogens (tertiary/aromatic N) is 1. The molecule has 34 heavy (non-hydrogen) atoms. The van der Waals surface area contributed by atoms with Gasteiger partial charge < -0.3 is 5.11 Å². The fourth-order valence-electron chi connectivity index (χ4n) is 5.48. The first-order chi connectivity index (χ1) is 16.5. The van der Waals surface area contributed by atoms with Crippen molar-refractivity contribution in [2.24, 2.45) is 10.9 Å². The van der Waals surface area contributed by atoms with Gasteiger partial charge in [0.2, 0.25) is 0 Å². The van der Waals surface area contributed by atoms with E-state index in [1.54, 1.807) is 0 Å². The molecule has 4 heteroatoms. The van der Waals surface area contributed by atoms with E-state index in [1.165, 1.54) is 30.4 Å². The number of benzene rings is 2. The molecule has 1 saturated carbocycles. The second-order valence-corrected chi connectivity index (χ2v) is 10.5. The van der Waals surface area contributed by atoms with E-state index in [-0.39, 0.29) is 17.2 Å². The van der Waals surface area contributed by atoms with Crippen LogP contribution in [0, 0.1) is 5.92 Å². The Balaban J connectivity index is 1.39. The Morgan fingerprint density at radius 2 is 1.79 bits per heavy atom. The lowest BCUT2D eigenvalue weighted by Crippen LogP contribution is -2.35. The summed E-state index contributed by atoms with van der Waals surface area (Å²) in [6.45, 7) is 2.24. The van der Waals surface area contributed by atoms with E-state index >= 15 is 0 Å². The quantitative estimate of drug-likeness (QED) is 0.378. The van der Waals surface area contributed by atoms with E-state index in [4.69, 9.17) is 16.6 Å². The van der Waals surface area contributed by atoms with Crippen molar-refractivity contribution >= 4 is 23.6 Å². The highest BCUT2D eigenvalue weighted by atomic mass is 35.5. The van der Waals surface area contributed by atoms with E-state index in [2.05, 4.69) is 43.3 Å². The maximum atomic E-state index is 13.0. The Hall–Kier alpha value is -2.23. The minimum absolute atomic E-state index is 0.0924. The van der Waals surface area contributed by atoms with Crippen molar-refractivity contribution in [2.45, 2.75) is 82.3 Å². The zero-order valence-corrected chi connectivity index (χ0v) is 20.9. The molecule has 4 atom stereocenters. The van der Waals surface area contributed by atoms with Gasteiger partial charge in [0.15, 0.2) is 0 Å². The predicted octanol–water partition coefficient (Wildman–Crippen LogP) is 6.90. The van der Waals surface area contributed by atoms with E-state index in [0.29, 0.717) is 30.2 Å². The molecule has 1 aliphatic carbocycles. The van der Waals surface area contributed by atoms with E-state index in [0.717, 1.165) is 24.8 Å². The molecule has 2 aromatic rings. The number of unbranched alkanes of at least 4 members (excludes halogenated alkanes) is 2. The van der Waals surface area contributed by atoms with Crippen molar-refractivity contribution in [3.63, 3.8) is 0 Å². The average molecular weight is 478 g/mol. The number of carbonyl (C=O) groups is 1. The van der Waals surface area contributed by atoms with Crippen molar-refractivity contribution in [1.82, 2.24) is 0 Å². The Bertz CT molecular complexity index is 997. The summed E-state index contributed by atoms with van der Waals surface area (Å²) in [5.74, 6) is 0.115. The second kappa shape index (κ2) is 11.5. The van der Waals surface area contributed by atoms with Gasteiger partial charge in [0, 0.05) is 30.0 Å². The molecule has 4 rings (SSSR count). The van der Waals surface area contributed by atoms with Gasteiger partial charge >= 0.3 is 0 Å². The number of aliphatic hydroxyl groups excluding tert-OH is 1.